The molecule has 2 aromatic heterocycles. The van der Waals surface area contributed by atoms with Crippen molar-refractivity contribution in [1.82, 2.24) is 24.9 Å². The van der Waals surface area contributed by atoms with E-state index in [-0.39, 0.29) is 6.04 Å². The normalized spacial score (nSPS) is 12.9. The second-order valence-corrected chi connectivity index (χ2v) is 5.05. The summed E-state index contributed by atoms with van der Waals surface area (Å²) >= 11 is 0. The molecule has 3 aromatic rings. The van der Waals surface area contributed by atoms with Gasteiger partial charge in [-0.15, -0.1) is 0 Å². The number of hydrogen-bond donors (Lipinski definition) is 1. The lowest BCUT2D eigenvalue weighted by atomic mass is 10.1. The van der Waals surface area contributed by atoms with E-state index in [9.17, 15) is 0 Å². The molecule has 20 heavy (non-hydrogen) atoms. The lowest BCUT2D eigenvalue weighted by molar-refractivity contribution is 0.553. The van der Waals surface area contributed by atoms with Gasteiger partial charge in [0.25, 0.3) is 0 Å². The highest BCUT2D eigenvalue weighted by atomic mass is 15.3. The Bertz CT molecular complexity index is 725. The molecule has 2 heterocycles. The molecule has 0 spiro atoms. The summed E-state index contributed by atoms with van der Waals surface area (Å²) in [6.45, 7) is 0. The number of rotatable bonds is 4. The Hall–Kier alpha value is -2.14. The Morgan fingerprint density at radius 3 is 2.65 bits per heavy atom. The van der Waals surface area contributed by atoms with Crippen LogP contribution in [0.2, 0.25) is 0 Å². The summed E-state index contributed by atoms with van der Waals surface area (Å²) in [7, 11) is 5.89. The highest BCUT2D eigenvalue weighted by Crippen LogP contribution is 2.22. The molecule has 1 aromatic carbocycles. The number of para-hydroxylation sites is 1. The fourth-order valence-electron chi connectivity index (χ4n) is 2.61. The van der Waals surface area contributed by atoms with E-state index in [4.69, 9.17) is 0 Å². The van der Waals surface area contributed by atoms with Gasteiger partial charge >= 0.3 is 0 Å². The van der Waals surface area contributed by atoms with Gasteiger partial charge in [0.15, 0.2) is 0 Å². The van der Waals surface area contributed by atoms with E-state index < -0.39 is 0 Å². The Morgan fingerprint density at radius 2 is 1.95 bits per heavy atom. The summed E-state index contributed by atoms with van der Waals surface area (Å²) in [5.41, 5.74) is 3.32. The zero-order valence-electron chi connectivity index (χ0n) is 12.0. The van der Waals surface area contributed by atoms with Crippen LogP contribution in [0.25, 0.3) is 10.9 Å². The van der Waals surface area contributed by atoms with Crippen LogP contribution >= 0.6 is 0 Å². The Morgan fingerprint density at radius 1 is 1.15 bits per heavy atom. The first-order valence-corrected chi connectivity index (χ1v) is 6.76. The Labute approximate surface area is 118 Å². The van der Waals surface area contributed by atoms with Gasteiger partial charge in [0.2, 0.25) is 0 Å². The maximum atomic E-state index is 4.65. The zero-order valence-corrected chi connectivity index (χ0v) is 12.0. The topological polar surface area (TPSA) is 47.7 Å². The van der Waals surface area contributed by atoms with Crippen molar-refractivity contribution in [3.63, 3.8) is 0 Å². The average molecular weight is 269 g/mol. The maximum Gasteiger partial charge on any atom is 0.0797 e. The van der Waals surface area contributed by atoms with Gasteiger partial charge in [0.05, 0.1) is 22.9 Å². The predicted molar refractivity (Wildman–Crippen MR) is 79.4 cm³/mol. The Balaban J connectivity index is 1.95. The van der Waals surface area contributed by atoms with Gasteiger partial charge in [-0.3, -0.25) is 9.36 Å². The zero-order chi connectivity index (χ0) is 14.1. The largest absolute Gasteiger partial charge is 0.311 e. The van der Waals surface area contributed by atoms with Gasteiger partial charge in [-0.25, -0.2) is 0 Å². The summed E-state index contributed by atoms with van der Waals surface area (Å²) in [6, 6.07) is 10.6. The van der Waals surface area contributed by atoms with Crippen LogP contribution in [0.5, 0.6) is 0 Å². The van der Waals surface area contributed by atoms with Crippen LogP contribution in [0.3, 0.4) is 0 Å². The quantitative estimate of drug-likeness (QED) is 0.786. The molecular formula is C15H19N5. The fraction of sp³-hybridized carbons (Fsp3) is 0.333. The molecule has 0 radical (unpaired) electrons. The maximum absolute atomic E-state index is 4.65. The SMILES string of the molecule is CNC(Cc1nn(C)c2ccccc12)c1ccn(C)n1. The van der Waals surface area contributed by atoms with Crippen LogP contribution in [-0.4, -0.2) is 26.6 Å². The number of benzene rings is 1. The van der Waals surface area contributed by atoms with Crippen molar-refractivity contribution >= 4 is 10.9 Å². The molecule has 0 saturated carbocycles. The molecule has 1 N–H and O–H groups in total. The van der Waals surface area contributed by atoms with Gasteiger partial charge in [-0.1, -0.05) is 18.2 Å². The number of nitrogens with zero attached hydrogens (tertiary/aromatic N) is 4. The molecule has 3 rings (SSSR count). The van der Waals surface area contributed by atoms with E-state index in [1.165, 1.54) is 10.9 Å². The Kier molecular flexibility index (Phi) is 3.28. The van der Waals surface area contributed by atoms with Crippen LogP contribution in [0.15, 0.2) is 36.5 Å². The van der Waals surface area contributed by atoms with Crippen LogP contribution in [-0.2, 0) is 20.5 Å². The second-order valence-electron chi connectivity index (χ2n) is 5.05. The third kappa shape index (κ3) is 2.20. The number of likely N-dealkylation sites (N-methyl/N-ethyl adjacent to an activating group) is 1. The molecule has 1 unspecified atom stereocenters. The van der Waals surface area contributed by atoms with E-state index in [0.29, 0.717) is 0 Å². The second kappa shape index (κ2) is 5.09. The molecule has 0 aliphatic rings. The first-order chi connectivity index (χ1) is 9.69. The first kappa shape index (κ1) is 12.9. The lowest BCUT2D eigenvalue weighted by Crippen LogP contribution is -2.20. The van der Waals surface area contributed by atoms with Gasteiger partial charge in [-0.2, -0.15) is 10.2 Å². The lowest BCUT2D eigenvalue weighted by Gasteiger charge is -2.12. The first-order valence-electron chi connectivity index (χ1n) is 6.76. The minimum atomic E-state index is 0.175. The van der Waals surface area contributed by atoms with E-state index in [1.54, 1.807) is 0 Å². The fourth-order valence-corrected chi connectivity index (χ4v) is 2.61. The van der Waals surface area contributed by atoms with Crippen molar-refractivity contribution < 1.29 is 0 Å². The molecule has 0 bridgehead atoms. The third-order valence-electron chi connectivity index (χ3n) is 3.67. The third-order valence-corrected chi connectivity index (χ3v) is 3.67. The summed E-state index contributed by atoms with van der Waals surface area (Å²) in [6.07, 6.45) is 2.80. The van der Waals surface area contributed by atoms with Crippen molar-refractivity contribution in [3.05, 3.63) is 47.9 Å². The molecule has 0 fully saturated rings. The number of aryl methyl sites for hydroxylation is 2. The van der Waals surface area contributed by atoms with Crippen molar-refractivity contribution in [2.45, 2.75) is 12.5 Å². The molecule has 0 aliphatic carbocycles. The summed E-state index contributed by atoms with van der Waals surface area (Å²) in [5.74, 6) is 0. The van der Waals surface area contributed by atoms with E-state index >= 15 is 0 Å². The molecule has 0 saturated heterocycles. The minimum Gasteiger partial charge on any atom is -0.311 e. The van der Waals surface area contributed by atoms with Gasteiger partial charge in [0.1, 0.15) is 0 Å². The van der Waals surface area contributed by atoms with E-state index in [1.807, 2.05) is 48.8 Å². The van der Waals surface area contributed by atoms with Crippen molar-refractivity contribution in [1.29, 1.82) is 0 Å². The molecule has 104 valence electrons. The highest BCUT2D eigenvalue weighted by molar-refractivity contribution is 5.81. The van der Waals surface area contributed by atoms with Crippen LogP contribution in [0.1, 0.15) is 17.4 Å². The molecule has 5 heteroatoms. The van der Waals surface area contributed by atoms with E-state index in [2.05, 4.69) is 33.7 Å². The van der Waals surface area contributed by atoms with Crippen molar-refractivity contribution in [2.75, 3.05) is 7.05 Å². The van der Waals surface area contributed by atoms with Crippen LogP contribution in [0, 0.1) is 0 Å². The average Bonchev–Trinajstić information content (AvgIpc) is 3.01. The molecule has 0 aliphatic heterocycles. The highest BCUT2D eigenvalue weighted by Gasteiger charge is 2.17. The number of fused-ring (bicyclic) bond motifs is 1. The van der Waals surface area contributed by atoms with Crippen LogP contribution < -0.4 is 5.32 Å². The van der Waals surface area contributed by atoms with Gasteiger partial charge in [0, 0.05) is 32.1 Å². The smallest absolute Gasteiger partial charge is 0.0797 e. The number of aromatic nitrogens is 4. The van der Waals surface area contributed by atoms with Crippen molar-refractivity contribution in [2.24, 2.45) is 14.1 Å². The standard InChI is InChI=1S/C15H19N5/c1-16-14(12-8-9-19(2)17-12)10-13-11-6-4-5-7-15(11)20(3)18-13/h4-9,14,16H,10H2,1-3H3. The summed E-state index contributed by atoms with van der Waals surface area (Å²) < 4.78 is 3.77. The molecular weight excluding hydrogens is 250 g/mol. The summed E-state index contributed by atoms with van der Waals surface area (Å²) in [4.78, 5) is 0. The number of nitrogens with one attached hydrogen (secondary N) is 1. The van der Waals surface area contributed by atoms with Gasteiger partial charge in [-0.05, 0) is 19.2 Å². The van der Waals surface area contributed by atoms with Crippen molar-refractivity contribution in [3.8, 4) is 0 Å². The summed E-state index contributed by atoms with van der Waals surface area (Å²) in [5, 5.41) is 13.7. The monoisotopic (exact) mass is 269 g/mol. The molecule has 1 atom stereocenters. The minimum absolute atomic E-state index is 0.175. The number of hydrogen-bond acceptors (Lipinski definition) is 3. The molecule has 0 amide bonds. The molecule has 5 nitrogen and oxygen atoms in total. The van der Waals surface area contributed by atoms with E-state index in [0.717, 1.165) is 17.8 Å². The van der Waals surface area contributed by atoms with Crippen LogP contribution in [0.4, 0.5) is 0 Å². The van der Waals surface area contributed by atoms with Gasteiger partial charge < -0.3 is 5.32 Å². The predicted octanol–water partition coefficient (Wildman–Crippen LogP) is 1.81.